The van der Waals surface area contributed by atoms with Gasteiger partial charge >= 0.3 is 5.97 Å². The second-order valence-corrected chi connectivity index (χ2v) is 5.22. The average Bonchev–Trinajstić information content (AvgIpc) is 2.86. The quantitative estimate of drug-likeness (QED) is 0.869. The molecule has 1 atom stereocenters. The smallest absolute Gasteiger partial charge is 0.337 e. The first-order valence-electron chi connectivity index (χ1n) is 6.42. The number of methoxy groups -OCH3 is 1. The molecule has 5 nitrogen and oxygen atoms in total. The molecule has 0 bridgehead atoms. The van der Waals surface area contributed by atoms with Crippen LogP contribution in [0.15, 0.2) is 18.2 Å². The molecule has 20 heavy (non-hydrogen) atoms. The van der Waals surface area contributed by atoms with Gasteiger partial charge in [-0.25, -0.2) is 4.79 Å². The first-order valence-corrected chi connectivity index (χ1v) is 6.79. The van der Waals surface area contributed by atoms with E-state index in [9.17, 15) is 9.59 Å². The molecule has 0 aromatic heterocycles. The highest BCUT2D eigenvalue weighted by Gasteiger charge is 2.28. The van der Waals surface area contributed by atoms with E-state index in [1.807, 2.05) is 11.9 Å². The maximum atomic E-state index is 12.2. The largest absolute Gasteiger partial charge is 0.465 e. The molecule has 0 radical (unpaired) electrons. The lowest BCUT2D eigenvalue weighted by molar-refractivity contribution is -0.119. The SMILES string of the molecule is COC(=O)c1ccc(Cl)c(NC(=O)C2CCCN2C)c1. The van der Waals surface area contributed by atoms with E-state index in [0.717, 1.165) is 19.4 Å². The molecule has 1 amide bonds. The lowest BCUT2D eigenvalue weighted by Crippen LogP contribution is -2.37. The van der Waals surface area contributed by atoms with Gasteiger partial charge in [-0.05, 0) is 44.6 Å². The van der Waals surface area contributed by atoms with E-state index in [4.69, 9.17) is 11.6 Å². The summed E-state index contributed by atoms with van der Waals surface area (Å²) < 4.78 is 4.65. The Morgan fingerprint density at radius 1 is 1.45 bits per heavy atom. The Hall–Kier alpha value is -1.59. The fraction of sp³-hybridized carbons (Fsp3) is 0.429. The summed E-state index contributed by atoms with van der Waals surface area (Å²) in [4.78, 5) is 25.7. The summed E-state index contributed by atoms with van der Waals surface area (Å²) in [6.07, 6.45) is 1.83. The Bertz CT molecular complexity index is 533. The van der Waals surface area contributed by atoms with Crippen LogP contribution in [0.5, 0.6) is 0 Å². The van der Waals surface area contributed by atoms with Gasteiger partial charge in [-0.3, -0.25) is 9.69 Å². The van der Waals surface area contributed by atoms with Crippen LogP contribution >= 0.6 is 11.6 Å². The van der Waals surface area contributed by atoms with Crippen LogP contribution in [0.25, 0.3) is 0 Å². The molecule has 0 spiro atoms. The third kappa shape index (κ3) is 3.11. The van der Waals surface area contributed by atoms with Crippen LogP contribution < -0.4 is 5.32 Å². The maximum absolute atomic E-state index is 12.2. The van der Waals surface area contributed by atoms with Gasteiger partial charge in [0.25, 0.3) is 0 Å². The number of hydrogen-bond donors (Lipinski definition) is 1. The van der Waals surface area contributed by atoms with Gasteiger partial charge in [-0.2, -0.15) is 0 Å². The van der Waals surface area contributed by atoms with Crippen LogP contribution in [-0.2, 0) is 9.53 Å². The molecule has 1 aromatic carbocycles. The third-order valence-electron chi connectivity index (χ3n) is 3.47. The van der Waals surface area contributed by atoms with Crippen molar-refractivity contribution in [2.45, 2.75) is 18.9 Å². The number of benzene rings is 1. The number of rotatable bonds is 3. The van der Waals surface area contributed by atoms with Crippen LogP contribution in [0.1, 0.15) is 23.2 Å². The van der Waals surface area contributed by atoms with Crippen LogP contribution in [0.4, 0.5) is 5.69 Å². The topological polar surface area (TPSA) is 58.6 Å². The normalized spacial score (nSPS) is 18.9. The summed E-state index contributed by atoms with van der Waals surface area (Å²) in [7, 11) is 3.23. The summed E-state index contributed by atoms with van der Waals surface area (Å²) in [5, 5.41) is 3.18. The molecule has 2 rings (SSSR count). The van der Waals surface area contributed by atoms with Gasteiger partial charge in [-0.1, -0.05) is 11.6 Å². The number of amides is 1. The summed E-state index contributed by atoms with van der Waals surface area (Å²) in [5.41, 5.74) is 0.784. The first kappa shape index (κ1) is 14.8. The van der Waals surface area contributed by atoms with Gasteiger partial charge in [0, 0.05) is 0 Å². The molecule has 1 fully saturated rings. The van der Waals surface area contributed by atoms with Gasteiger partial charge in [0.05, 0.1) is 29.4 Å². The summed E-state index contributed by atoms with van der Waals surface area (Å²) >= 11 is 6.05. The second-order valence-electron chi connectivity index (χ2n) is 4.81. The predicted molar refractivity (Wildman–Crippen MR) is 77.1 cm³/mol. The van der Waals surface area contributed by atoms with Crippen LogP contribution in [0.2, 0.25) is 5.02 Å². The van der Waals surface area contributed by atoms with Crippen molar-refractivity contribution in [2.75, 3.05) is 26.0 Å². The van der Waals surface area contributed by atoms with E-state index in [-0.39, 0.29) is 11.9 Å². The molecular weight excluding hydrogens is 280 g/mol. The van der Waals surface area contributed by atoms with Crippen molar-refractivity contribution in [1.29, 1.82) is 0 Å². The number of halogens is 1. The van der Waals surface area contributed by atoms with Gasteiger partial charge in [0.1, 0.15) is 0 Å². The van der Waals surface area contributed by atoms with Gasteiger partial charge in [-0.15, -0.1) is 0 Å². The molecule has 0 aliphatic carbocycles. The van der Waals surface area contributed by atoms with Crippen LogP contribution in [0, 0.1) is 0 Å². The first-order chi connectivity index (χ1) is 9.52. The molecule has 1 aliphatic heterocycles. The average molecular weight is 297 g/mol. The minimum atomic E-state index is -0.463. The van der Waals surface area contributed by atoms with Crippen molar-refractivity contribution >= 4 is 29.2 Å². The van der Waals surface area contributed by atoms with E-state index < -0.39 is 5.97 Å². The zero-order valence-electron chi connectivity index (χ0n) is 11.5. The molecule has 108 valence electrons. The van der Waals surface area contributed by atoms with Crippen molar-refractivity contribution in [2.24, 2.45) is 0 Å². The highest BCUT2D eigenvalue weighted by molar-refractivity contribution is 6.34. The number of esters is 1. The molecule has 1 unspecified atom stereocenters. The third-order valence-corrected chi connectivity index (χ3v) is 3.80. The minimum absolute atomic E-state index is 0.103. The monoisotopic (exact) mass is 296 g/mol. The number of nitrogens with one attached hydrogen (secondary N) is 1. The van der Waals surface area contributed by atoms with E-state index in [0.29, 0.717) is 16.3 Å². The lowest BCUT2D eigenvalue weighted by Gasteiger charge is -2.19. The highest BCUT2D eigenvalue weighted by Crippen LogP contribution is 2.25. The number of carbonyl (C=O) groups is 2. The number of ether oxygens (including phenoxy) is 1. The number of carbonyl (C=O) groups excluding carboxylic acids is 2. The van der Waals surface area contributed by atoms with E-state index in [1.165, 1.54) is 13.2 Å². The Morgan fingerprint density at radius 2 is 2.20 bits per heavy atom. The molecule has 1 N–H and O–H groups in total. The highest BCUT2D eigenvalue weighted by atomic mass is 35.5. The molecule has 1 aromatic rings. The van der Waals surface area contributed by atoms with E-state index >= 15 is 0 Å². The summed E-state index contributed by atoms with van der Waals surface area (Å²) in [6.45, 7) is 0.911. The lowest BCUT2D eigenvalue weighted by atomic mass is 10.1. The zero-order valence-corrected chi connectivity index (χ0v) is 12.2. The van der Waals surface area contributed by atoms with Crippen molar-refractivity contribution in [3.05, 3.63) is 28.8 Å². The van der Waals surface area contributed by atoms with Gasteiger partial charge in [0.15, 0.2) is 0 Å². The number of anilines is 1. The van der Waals surface area contributed by atoms with Crippen LogP contribution in [-0.4, -0.2) is 43.5 Å². The standard InChI is InChI=1S/C14H17ClN2O3/c1-17-7-3-4-12(17)13(18)16-11-8-9(14(19)20-2)5-6-10(11)15/h5-6,8,12H,3-4,7H2,1-2H3,(H,16,18). The molecule has 1 saturated heterocycles. The fourth-order valence-electron chi connectivity index (χ4n) is 2.32. The molecule has 1 heterocycles. The van der Waals surface area contributed by atoms with Crippen molar-refractivity contribution in [3.63, 3.8) is 0 Å². The van der Waals surface area contributed by atoms with Crippen LogP contribution in [0.3, 0.4) is 0 Å². The minimum Gasteiger partial charge on any atom is -0.465 e. The zero-order chi connectivity index (χ0) is 14.7. The summed E-state index contributed by atoms with van der Waals surface area (Å²) in [6, 6.07) is 4.52. The Labute approximate surface area is 122 Å². The molecular formula is C14H17ClN2O3. The molecule has 1 aliphatic rings. The number of likely N-dealkylation sites (N-methyl/N-ethyl adjacent to an activating group) is 1. The maximum Gasteiger partial charge on any atom is 0.337 e. The number of hydrogen-bond acceptors (Lipinski definition) is 4. The predicted octanol–water partition coefficient (Wildman–Crippen LogP) is 2.16. The van der Waals surface area contributed by atoms with Gasteiger partial charge < -0.3 is 10.1 Å². The second kappa shape index (κ2) is 6.24. The molecule has 0 saturated carbocycles. The number of likely N-dealkylation sites (tertiary alicyclic amines) is 1. The molecule has 6 heteroatoms. The Kier molecular flexibility index (Phi) is 4.62. The van der Waals surface area contributed by atoms with Crippen molar-refractivity contribution in [3.8, 4) is 0 Å². The van der Waals surface area contributed by atoms with Crippen molar-refractivity contribution in [1.82, 2.24) is 4.90 Å². The fourth-order valence-corrected chi connectivity index (χ4v) is 2.49. The van der Waals surface area contributed by atoms with Crippen molar-refractivity contribution < 1.29 is 14.3 Å². The Morgan fingerprint density at radius 3 is 2.80 bits per heavy atom. The van der Waals surface area contributed by atoms with Gasteiger partial charge in [0.2, 0.25) is 5.91 Å². The Balaban J connectivity index is 2.16. The number of nitrogens with zero attached hydrogens (tertiary/aromatic N) is 1. The van der Waals surface area contributed by atoms with E-state index in [1.54, 1.807) is 12.1 Å². The van der Waals surface area contributed by atoms with E-state index in [2.05, 4.69) is 10.1 Å². The summed E-state index contributed by atoms with van der Waals surface area (Å²) in [5.74, 6) is -0.566.